The first-order chi connectivity index (χ1) is 12.4. The van der Waals surface area contributed by atoms with Gasteiger partial charge in [0.2, 0.25) is 0 Å². The van der Waals surface area contributed by atoms with E-state index in [2.05, 4.69) is 0 Å². The predicted octanol–water partition coefficient (Wildman–Crippen LogP) is 4.70. The number of halogens is 2. The van der Waals surface area contributed by atoms with Gasteiger partial charge in [0.05, 0.1) is 11.9 Å². The second-order valence-corrected chi connectivity index (χ2v) is 6.42. The Morgan fingerprint density at radius 2 is 1.85 bits per heavy atom. The lowest BCUT2D eigenvalue weighted by molar-refractivity contribution is -0.137. The van der Waals surface area contributed by atoms with Gasteiger partial charge < -0.3 is 5.11 Å². The maximum Gasteiger partial charge on any atom is 0.303 e. The zero-order valence-corrected chi connectivity index (χ0v) is 14.9. The maximum atomic E-state index is 13.8. The number of carboxylic acids is 1. The van der Waals surface area contributed by atoms with Crippen molar-refractivity contribution >= 4 is 34.4 Å². The number of rotatable bonds is 5. The Kier molecular flexibility index (Phi) is 5.09. The van der Waals surface area contributed by atoms with E-state index in [4.69, 9.17) is 16.7 Å². The van der Waals surface area contributed by atoms with E-state index in [0.717, 1.165) is 5.56 Å². The fourth-order valence-electron chi connectivity index (χ4n) is 3.22. The molecule has 3 aromatic rings. The van der Waals surface area contributed by atoms with Crippen molar-refractivity contribution in [2.75, 3.05) is 0 Å². The standard InChI is InChI=1S/C20H17ClFNO3/c1-2-15-16-11-14(22)7-8-18(16)23(17(15)9-10-19(24)25)20(26)12-3-5-13(21)6-4-12/h3-8,11H,2,9-10H2,1H3,(H,24,25). The number of nitrogens with zero attached hydrogens (tertiary/aromatic N) is 1. The van der Waals surface area contributed by atoms with Crippen LogP contribution < -0.4 is 0 Å². The van der Waals surface area contributed by atoms with Gasteiger partial charge in [-0.1, -0.05) is 18.5 Å². The molecule has 1 N–H and O–H groups in total. The van der Waals surface area contributed by atoms with Gasteiger partial charge in [0.15, 0.2) is 0 Å². The summed E-state index contributed by atoms with van der Waals surface area (Å²) in [5.41, 5.74) is 2.40. The number of carbonyl (C=O) groups excluding carboxylic acids is 1. The summed E-state index contributed by atoms with van der Waals surface area (Å²) in [5.74, 6) is -1.64. The zero-order chi connectivity index (χ0) is 18.8. The van der Waals surface area contributed by atoms with E-state index in [1.807, 2.05) is 6.92 Å². The third kappa shape index (κ3) is 3.35. The monoisotopic (exact) mass is 373 g/mol. The third-order valence-corrected chi connectivity index (χ3v) is 4.62. The quantitative estimate of drug-likeness (QED) is 0.705. The zero-order valence-electron chi connectivity index (χ0n) is 14.1. The summed E-state index contributed by atoms with van der Waals surface area (Å²) in [7, 11) is 0. The lowest BCUT2D eigenvalue weighted by Gasteiger charge is -2.10. The molecular weight excluding hydrogens is 357 g/mol. The van der Waals surface area contributed by atoms with E-state index in [0.29, 0.717) is 33.6 Å². The summed E-state index contributed by atoms with van der Waals surface area (Å²) < 4.78 is 15.3. The van der Waals surface area contributed by atoms with Gasteiger partial charge in [-0.05, 0) is 60.9 Å². The largest absolute Gasteiger partial charge is 0.481 e. The summed E-state index contributed by atoms with van der Waals surface area (Å²) in [4.78, 5) is 24.2. The highest BCUT2D eigenvalue weighted by Crippen LogP contribution is 2.30. The number of hydrogen-bond donors (Lipinski definition) is 1. The summed E-state index contributed by atoms with van der Waals surface area (Å²) in [6.07, 6.45) is 0.643. The van der Waals surface area contributed by atoms with Gasteiger partial charge >= 0.3 is 5.97 Å². The molecule has 1 heterocycles. The number of aromatic nitrogens is 1. The fourth-order valence-corrected chi connectivity index (χ4v) is 3.34. The number of hydrogen-bond acceptors (Lipinski definition) is 2. The van der Waals surface area contributed by atoms with Crippen molar-refractivity contribution in [2.45, 2.75) is 26.2 Å². The molecule has 0 aliphatic carbocycles. The smallest absolute Gasteiger partial charge is 0.303 e. The minimum Gasteiger partial charge on any atom is -0.481 e. The van der Waals surface area contributed by atoms with Crippen LogP contribution in [0.3, 0.4) is 0 Å². The Labute approximate surface area is 154 Å². The van der Waals surface area contributed by atoms with Gasteiger partial charge in [-0.25, -0.2) is 4.39 Å². The van der Waals surface area contributed by atoms with Gasteiger partial charge in [0.1, 0.15) is 5.82 Å². The van der Waals surface area contributed by atoms with Crippen LogP contribution in [-0.4, -0.2) is 21.6 Å². The van der Waals surface area contributed by atoms with E-state index >= 15 is 0 Å². The second kappa shape index (κ2) is 7.30. The van der Waals surface area contributed by atoms with Crippen LogP contribution in [0.5, 0.6) is 0 Å². The lowest BCUT2D eigenvalue weighted by atomic mass is 10.1. The van der Waals surface area contributed by atoms with Crippen LogP contribution in [0.4, 0.5) is 4.39 Å². The lowest BCUT2D eigenvalue weighted by Crippen LogP contribution is -2.16. The van der Waals surface area contributed by atoms with E-state index in [1.54, 1.807) is 30.3 Å². The number of aryl methyl sites for hydroxylation is 1. The SMILES string of the molecule is CCc1c(CCC(=O)O)n(C(=O)c2ccc(Cl)cc2)c2ccc(F)cc12. The molecule has 0 bridgehead atoms. The molecular formula is C20H17ClFNO3. The minimum absolute atomic E-state index is 0.111. The highest BCUT2D eigenvalue weighted by atomic mass is 35.5. The molecule has 0 aliphatic heterocycles. The Balaban J connectivity index is 2.23. The predicted molar refractivity (Wildman–Crippen MR) is 98.4 cm³/mol. The number of aliphatic carboxylic acids is 1. The molecule has 2 aromatic carbocycles. The van der Waals surface area contributed by atoms with Crippen LogP contribution in [0.15, 0.2) is 42.5 Å². The molecule has 0 fully saturated rings. The number of benzene rings is 2. The summed E-state index contributed by atoms with van der Waals surface area (Å²) in [5, 5.41) is 10.2. The molecule has 1 aromatic heterocycles. The minimum atomic E-state index is -0.950. The van der Waals surface area contributed by atoms with Gasteiger partial charge in [-0.3, -0.25) is 14.2 Å². The molecule has 0 spiro atoms. The molecule has 0 amide bonds. The van der Waals surface area contributed by atoms with E-state index < -0.39 is 11.8 Å². The van der Waals surface area contributed by atoms with Crippen molar-refractivity contribution in [2.24, 2.45) is 0 Å². The molecule has 0 radical (unpaired) electrons. The molecule has 134 valence electrons. The molecule has 0 unspecified atom stereocenters. The van der Waals surface area contributed by atoms with Gasteiger partial charge in [-0.2, -0.15) is 0 Å². The van der Waals surface area contributed by atoms with Gasteiger partial charge in [0, 0.05) is 21.7 Å². The van der Waals surface area contributed by atoms with Crippen LogP contribution in [-0.2, 0) is 17.6 Å². The molecule has 6 heteroatoms. The first kappa shape index (κ1) is 18.1. The molecule has 26 heavy (non-hydrogen) atoms. The first-order valence-electron chi connectivity index (χ1n) is 8.26. The Morgan fingerprint density at radius 1 is 1.15 bits per heavy atom. The molecule has 3 rings (SSSR count). The van der Waals surface area contributed by atoms with Gasteiger partial charge in [-0.15, -0.1) is 0 Å². The third-order valence-electron chi connectivity index (χ3n) is 4.37. The highest BCUT2D eigenvalue weighted by molar-refractivity contribution is 6.30. The van der Waals surface area contributed by atoms with Crippen molar-refractivity contribution in [3.63, 3.8) is 0 Å². The van der Waals surface area contributed by atoms with Crippen molar-refractivity contribution < 1.29 is 19.1 Å². The van der Waals surface area contributed by atoms with E-state index in [-0.39, 0.29) is 18.7 Å². The highest BCUT2D eigenvalue weighted by Gasteiger charge is 2.22. The van der Waals surface area contributed by atoms with E-state index in [1.165, 1.54) is 16.7 Å². The average molecular weight is 374 g/mol. The average Bonchev–Trinajstić information content (AvgIpc) is 2.92. The Hall–Kier alpha value is -2.66. The number of fused-ring (bicyclic) bond motifs is 1. The first-order valence-corrected chi connectivity index (χ1v) is 8.64. The van der Waals surface area contributed by atoms with Crippen LogP contribution >= 0.6 is 11.6 Å². The normalized spacial score (nSPS) is 11.0. The van der Waals surface area contributed by atoms with Gasteiger partial charge in [0.25, 0.3) is 5.91 Å². The Morgan fingerprint density at radius 3 is 2.46 bits per heavy atom. The molecule has 0 atom stereocenters. The van der Waals surface area contributed by atoms with Crippen molar-refractivity contribution in [1.82, 2.24) is 4.57 Å². The summed E-state index contributed by atoms with van der Waals surface area (Å²) in [6, 6.07) is 10.7. The fraction of sp³-hybridized carbons (Fsp3) is 0.200. The van der Waals surface area contributed by atoms with E-state index in [9.17, 15) is 14.0 Å². The second-order valence-electron chi connectivity index (χ2n) is 5.98. The molecule has 0 aliphatic rings. The summed E-state index contributed by atoms with van der Waals surface area (Å²) in [6.45, 7) is 1.90. The topological polar surface area (TPSA) is 59.3 Å². The summed E-state index contributed by atoms with van der Waals surface area (Å²) >= 11 is 5.89. The van der Waals surface area contributed by atoms with Crippen LogP contribution in [0.2, 0.25) is 5.02 Å². The molecule has 0 saturated heterocycles. The van der Waals surface area contributed by atoms with Crippen molar-refractivity contribution in [1.29, 1.82) is 0 Å². The van der Waals surface area contributed by atoms with Crippen LogP contribution in [0.1, 0.15) is 35.0 Å². The maximum absolute atomic E-state index is 13.8. The number of carbonyl (C=O) groups is 2. The molecule has 4 nitrogen and oxygen atoms in total. The Bertz CT molecular complexity index is 992. The molecule has 0 saturated carbocycles. The van der Waals surface area contributed by atoms with Crippen LogP contribution in [0.25, 0.3) is 10.9 Å². The van der Waals surface area contributed by atoms with Crippen molar-refractivity contribution in [3.05, 3.63) is 70.1 Å². The van der Waals surface area contributed by atoms with Crippen LogP contribution in [0, 0.1) is 5.82 Å². The number of carboxylic acid groups (broad SMARTS) is 1. The van der Waals surface area contributed by atoms with Crippen molar-refractivity contribution in [3.8, 4) is 0 Å².